The van der Waals surface area contributed by atoms with Gasteiger partial charge in [-0.15, -0.1) is 11.3 Å². The van der Waals surface area contributed by atoms with Crippen LogP contribution in [-0.2, 0) is 10.0 Å². The van der Waals surface area contributed by atoms with Crippen molar-refractivity contribution < 1.29 is 8.42 Å². The molecule has 0 radical (unpaired) electrons. The van der Waals surface area contributed by atoms with Crippen molar-refractivity contribution >= 4 is 32.7 Å². The highest BCUT2D eigenvalue weighted by Crippen LogP contribution is 2.25. The summed E-state index contributed by atoms with van der Waals surface area (Å²) in [6.45, 7) is 1.78. The topological polar surface area (TPSA) is 72.2 Å². The summed E-state index contributed by atoms with van der Waals surface area (Å²) in [7, 11) is -3.50. The number of hydrogen-bond acceptors (Lipinski definition) is 4. The van der Waals surface area contributed by atoms with Crippen LogP contribution < -0.4 is 10.5 Å². The molecule has 1 aromatic carbocycles. The van der Waals surface area contributed by atoms with Crippen molar-refractivity contribution in [3.05, 3.63) is 41.3 Å². The van der Waals surface area contributed by atoms with Crippen LogP contribution in [0.3, 0.4) is 0 Å². The van der Waals surface area contributed by atoms with Crippen LogP contribution in [0.1, 0.15) is 5.56 Å². The van der Waals surface area contributed by atoms with Gasteiger partial charge in [0, 0.05) is 5.69 Å². The Bertz CT molecular complexity index is 619. The second kappa shape index (κ2) is 4.38. The summed E-state index contributed by atoms with van der Waals surface area (Å²) in [5, 5.41) is 1.72. The molecule has 0 aliphatic carbocycles. The first-order valence-electron chi connectivity index (χ1n) is 4.92. The first-order valence-corrected chi connectivity index (χ1v) is 7.28. The number of benzene rings is 1. The predicted molar refractivity (Wildman–Crippen MR) is 70.7 cm³/mol. The Labute approximate surface area is 104 Å². The van der Waals surface area contributed by atoms with E-state index in [0.29, 0.717) is 15.6 Å². The zero-order valence-electron chi connectivity index (χ0n) is 9.17. The highest BCUT2D eigenvalue weighted by Gasteiger charge is 2.16. The van der Waals surface area contributed by atoms with Gasteiger partial charge < -0.3 is 5.73 Å². The number of hydrogen-bond donors (Lipinski definition) is 2. The van der Waals surface area contributed by atoms with Crippen molar-refractivity contribution in [1.82, 2.24) is 0 Å². The lowest BCUT2D eigenvalue weighted by atomic mass is 10.2. The van der Waals surface area contributed by atoms with Crippen molar-refractivity contribution in [2.75, 3.05) is 10.5 Å². The lowest BCUT2D eigenvalue weighted by molar-refractivity contribution is 0.603. The highest BCUT2D eigenvalue weighted by molar-refractivity contribution is 7.94. The zero-order valence-corrected chi connectivity index (χ0v) is 10.8. The summed E-state index contributed by atoms with van der Waals surface area (Å²) in [6, 6.07) is 8.41. The predicted octanol–water partition coefficient (Wildman–Crippen LogP) is 2.44. The van der Waals surface area contributed by atoms with Gasteiger partial charge in [0.15, 0.2) is 0 Å². The molecular formula is C11H12N2O2S2. The quantitative estimate of drug-likeness (QED) is 0.840. The molecular weight excluding hydrogens is 256 g/mol. The number of rotatable bonds is 3. The van der Waals surface area contributed by atoms with E-state index in [1.165, 1.54) is 11.3 Å². The number of nitrogens with two attached hydrogens (primary N) is 1. The van der Waals surface area contributed by atoms with E-state index in [-0.39, 0.29) is 0 Å². The second-order valence-corrected chi connectivity index (χ2v) is 6.41. The fourth-order valence-electron chi connectivity index (χ4n) is 1.38. The molecule has 0 fully saturated rings. The molecule has 17 heavy (non-hydrogen) atoms. The molecule has 0 aliphatic heterocycles. The number of nitrogen functional groups attached to an aromatic ring is 1. The van der Waals surface area contributed by atoms with Crippen molar-refractivity contribution in [2.45, 2.75) is 11.1 Å². The zero-order chi connectivity index (χ0) is 12.5. The van der Waals surface area contributed by atoms with E-state index in [0.717, 1.165) is 5.56 Å². The molecule has 0 bridgehead atoms. The highest BCUT2D eigenvalue weighted by atomic mass is 32.2. The fraction of sp³-hybridized carbons (Fsp3) is 0.0909. The Hall–Kier alpha value is -1.53. The van der Waals surface area contributed by atoms with Crippen LogP contribution in [0.4, 0.5) is 11.4 Å². The van der Waals surface area contributed by atoms with E-state index in [2.05, 4.69) is 4.72 Å². The van der Waals surface area contributed by atoms with Gasteiger partial charge in [0.2, 0.25) is 0 Å². The van der Waals surface area contributed by atoms with E-state index in [1.54, 1.807) is 42.6 Å². The molecule has 6 heteroatoms. The van der Waals surface area contributed by atoms with Crippen LogP contribution in [-0.4, -0.2) is 8.42 Å². The number of nitrogens with one attached hydrogen (secondary N) is 1. The van der Waals surface area contributed by atoms with Crippen LogP contribution >= 0.6 is 11.3 Å². The van der Waals surface area contributed by atoms with Crippen molar-refractivity contribution in [3.63, 3.8) is 0 Å². The average molecular weight is 268 g/mol. The van der Waals surface area contributed by atoms with E-state index < -0.39 is 10.0 Å². The maximum Gasteiger partial charge on any atom is 0.271 e. The van der Waals surface area contributed by atoms with Gasteiger partial charge in [0.25, 0.3) is 10.0 Å². The minimum absolute atomic E-state index is 0.291. The minimum Gasteiger partial charge on any atom is -0.398 e. The molecule has 0 saturated carbocycles. The molecule has 0 amide bonds. The lowest BCUT2D eigenvalue weighted by Crippen LogP contribution is -2.12. The molecule has 0 saturated heterocycles. The second-order valence-electron chi connectivity index (χ2n) is 3.56. The smallest absolute Gasteiger partial charge is 0.271 e. The van der Waals surface area contributed by atoms with Gasteiger partial charge in [-0.3, -0.25) is 4.72 Å². The molecule has 0 unspecified atom stereocenters. The van der Waals surface area contributed by atoms with Crippen LogP contribution in [0.5, 0.6) is 0 Å². The molecule has 0 aliphatic rings. The lowest BCUT2D eigenvalue weighted by Gasteiger charge is -2.10. The Morgan fingerprint density at radius 1 is 1.24 bits per heavy atom. The third-order valence-corrected chi connectivity index (χ3v) is 5.14. The third kappa shape index (κ3) is 2.42. The van der Waals surface area contributed by atoms with Gasteiger partial charge in [-0.1, -0.05) is 12.1 Å². The SMILES string of the molecule is Cc1c(N)cccc1NS(=O)(=O)c1cccs1. The monoisotopic (exact) mass is 268 g/mol. The summed E-state index contributed by atoms with van der Waals surface area (Å²) in [5.41, 5.74) is 7.53. The van der Waals surface area contributed by atoms with Crippen molar-refractivity contribution in [2.24, 2.45) is 0 Å². The van der Waals surface area contributed by atoms with E-state index in [1.807, 2.05) is 0 Å². The molecule has 0 spiro atoms. The van der Waals surface area contributed by atoms with Crippen LogP contribution in [0.2, 0.25) is 0 Å². The molecule has 4 nitrogen and oxygen atoms in total. The van der Waals surface area contributed by atoms with Gasteiger partial charge in [0.1, 0.15) is 4.21 Å². The van der Waals surface area contributed by atoms with E-state index >= 15 is 0 Å². The fourth-order valence-corrected chi connectivity index (χ4v) is 3.49. The molecule has 2 rings (SSSR count). The number of thiophene rings is 1. The van der Waals surface area contributed by atoms with Gasteiger partial charge in [-0.25, -0.2) is 8.42 Å². The number of sulfonamides is 1. The molecule has 2 aromatic rings. The van der Waals surface area contributed by atoms with Crippen LogP contribution in [0.25, 0.3) is 0 Å². The van der Waals surface area contributed by atoms with E-state index in [4.69, 9.17) is 5.73 Å². The standard InChI is InChI=1S/C11H12N2O2S2/c1-8-9(12)4-2-5-10(8)13-17(14,15)11-6-3-7-16-11/h2-7,13H,12H2,1H3. The first kappa shape index (κ1) is 11.9. The van der Waals surface area contributed by atoms with Crippen molar-refractivity contribution in [3.8, 4) is 0 Å². The summed E-state index contributed by atoms with van der Waals surface area (Å²) < 4.78 is 26.8. The van der Waals surface area contributed by atoms with Gasteiger partial charge in [-0.2, -0.15) is 0 Å². The Kier molecular flexibility index (Phi) is 3.08. The van der Waals surface area contributed by atoms with Gasteiger partial charge >= 0.3 is 0 Å². The molecule has 1 aromatic heterocycles. The summed E-state index contributed by atoms with van der Waals surface area (Å²) in [4.78, 5) is 0. The largest absolute Gasteiger partial charge is 0.398 e. The minimum atomic E-state index is -3.50. The molecule has 0 atom stereocenters. The Morgan fingerprint density at radius 2 is 2.00 bits per heavy atom. The average Bonchev–Trinajstić information content (AvgIpc) is 2.78. The molecule has 90 valence electrons. The summed E-state index contributed by atoms with van der Waals surface area (Å²) in [5.74, 6) is 0. The van der Waals surface area contributed by atoms with Gasteiger partial charge in [0.05, 0.1) is 5.69 Å². The maximum absolute atomic E-state index is 12.0. The summed E-state index contributed by atoms with van der Waals surface area (Å²) >= 11 is 1.18. The van der Waals surface area contributed by atoms with E-state index in [9.17, 15) is 8.42 Å². The van der Waals surface area contributed by atoms with Crippen LogP contribution in [0, 0.1) is 6.92 Å². The van der Waals surface area contributed by atoms with Gasteiger partial charge in [-0.05, 0) is 36.1 Å². The molecule has 1 heterocycles. The maximum atomic E-state index is 12.0. The normalized spacial score (nSPS) is 11.4. The number of anilines is 2. The van der Waals surface area contributed by atoms with Crippen LogP contribution in [0.15, 0.2) is 39.9 Å². The summed E-state index contributed by atoms with van der Waals surface area (Å²) in [6.07, 6.45) is 0. The third-order valence-electron chi connectivity index (χ3n) is 2.38. The Balaban J connectivity index is 2.37. The first-order chi connectivity index (χ1) is 8.00. The Morgan fingerprint density at radius 3 is 2.65 bits per heavy atom. The van der Waals surface area contributed by atoms with Crippen molar-refractivity contribution in [1.29, 1.82) is 0 Å². The molecule has 3 N–H and O–H groups in total.